The van der Waals surface area contributed by atoms with Crippen molar-refractivity contribution in [1.82, 2.24) is 0 Å². The monoisotopic (exact) mass is 285 g/mol. The lowest BCUT2D eigenvalue weighted by molar-refractivity contribution is 0.236. The molecule has 2 aromatic carbocycles. The number of hydrogen-bond donors (Lipinski definition) is 1. The molecule has 0 aliphatic rings. The van der Waals surface area contributed by atoms with Gasteiger partial charge in [0.2, 0.25) is 0 Å². The van der Waals surface area contributed by atoms with E-state index < -0.39 is 0 Å². The van der Waals surface area contributed by atoms with Crippen LogP contribution >= 0.6 is 0 Å². The molecule has 0 saturated heterocycles. The summed E-state index contributed by atoms with van der Waals surface area (Å²) in [6.07, 6.45) is 0.881. The SMILES string of the molecule is CC(C)Oc1ccccc1C(N)CCOc1ccccc1. The Morgan fingerprint density at radius 2 is 1.62 bits per heavy atom. The molecular weight excluding hydrogens is 262 g/mol. The van der Waals surface area contributed by atoms with Crippen molar-refractivity contribution in [3.63, 3.8) is 0 Å². The molecule has 2 rings (SSSR count). The Balaban J connectivity index is 1.92. The molecule has 21 heavy (non-hydrogen) atoms. The van der Waals surface area contributed by atoms with Crippen LogP contribution in [0.2, 0.25) is 0 Å². The van der Waals surface area contributed by atoms with Crippen molar-refractivity contribution in [2.75, 3.05) is 6.61 Å². The van der Waals surface area contributed by atoms with Crippen molar-refractivity contribution < 1.29 is 9.47 Å². The van der Waals surface area contributed by atoms with Gasteiger partial charge in [-0.3, -0.25) is 0 Å². The molecule has 3 nitrogen and oxygen atoms in total. The van der Waals surface area contributed by atoms with Gasteiger partial charge in [0.05, 0.1) is 12.7 Å². The van der Waals surface area contributed by atoms with Gasteiger partial charge in [0.15, 0.2) is 0 Å². The van der Waals surface area contributed by atoms with Gasteiger partial charge in [-0.2, -0.15) is 0 Å². The molecule has 0 fully saturated rings. The van der Waals surface area contributed by atoms with Crippen molar-refractivity contribution in [2.24, 2.45) is 5.73 Å². The van der Waals surface area contributed by atoms with Gasteiger partial charge in [0.25, 0.3) is 0 Å². The van der Waals surface area contributed by atoms with Gasteiger partial charge in [0, 0.05) is 18.0 Å². The van der Waals surface area contributed by atoms with E-state index in [2.05, 4.69) is 0 Å². The van der Waals surface area contributed by atoms with Gasteiger partial charge >= 0.3 is 0 Å². The third kappa shape index (κ3) is 4.80. The Labute approximate surface area is 126 Å². The molecule has 0 bridgehead atoms. The number of hydrogen-bond acceptors (Lipinski definition) is 3. The van der Waals surface area contributed by atoms with E-state index in [1.54, 1.807) is 0 Å². The van der Waals surface area contributed by atoms with E-state index in [4.69, 9.17) is 15.2 Å². The fourth-order valence-corrected chi connectivity index (χ4v) is 2.12. The van der Waals surface area contributed by atoms with E-state index in [9.17, 15) is 0 Å². The minimum Gasteiger partial charge on any atom is -0.494 e. The van der Waals surface area contributed by atoms with Crippen LogP contribution in [0.25, 0.3) is 0 Å². The molecule has 1 atom stereocenters. The molecule has 0 radical (unpaired) electrons. The standard InChI is InChI=1S/C18H23NO2/c1-14(2)21-18-11-7-6-10-16(18)17(19)12-13-20-15-8-4-3-5-9-15/h3-11,14,17H,12-13,19H2,1-2H3. The first-order valence-corrected chi connectivity index (χ1v) is 7.36. The third-order valence-electron chi connectivity index (χ3n) is 3.12. The maximum Gasteiger partial charge on any atom is 0.124 e. The highest BCUT2D eigenvalue weighted by Gasteiger charge is 2.12. The van der Waals surface area contributed by atoms with Gasteiger partial charge in [0.1, 0.15) is 11.5 Å². The first-order valence-electron chi connectivity index (χ1n) is 7.36. The molecule has 112 valence electrons. The molecule has 0 amide bonds. The minimum atomic E-state index is -0.0938. The van der Waals surface area contributed by atoms with Crippen molar-refractivity contribution in [1.29, 1.82) is 0 Å². The summed E-state index contributed by atoms with van der Waals surface area (Å²) in [6, 6.07) is 17.6. The summed E-state index contributed by atoms with van der Waals surface area (Å²) in [5.41, 5.74) is 7.31. The number of benzene rings is 2. The van der Waals surface area contributed by atoms with Crippen LogP contribution in [0.5, 0.6) is 11.5 Å². The van der Waals surface area contributed by atoms with Crippen molar-refractivity contribution in [3.8, 4) is 11.5 Å². The summed E-state index contributed by atoms with van der Waals surface area (Å²) in [5.74, 6) is 1.73. The molecule has 1 unspecified atom stereocenters. The molecule has 0 aliphatic carbocycles. The predicted molar refractivity (Wildman–Crippen MR) is 85.7 cm³/mol. The largest absolute Gasteiger partial charge is 0.494 e. The molecule has 0 aromatic heterocycles. The van der Waals surface area contributed by atoms with Crippen molar-refractivity contribution in [2.45, 2.75) is 32.4 Å². The second-order valence-corrected chi connectivity index (χ2v) is 5.26. The van der Waals surface area contributed by atoms with Crippen LogP contribution in [0, 0.1) is 0 Å². The lowest BCUT2D eigenvalue weighted by atomic mass is 10.0. The Kier molecular flexibility index (Phi) is 5.64. The zero-order chi connectivity index (χ0) is 15.1. The highest BCUT2D eigenvalue weighted by molar-refractivity contribution is 5.36. The van der Waals surface area contributed by atoms with E-state index in [0.29, 0.717) is 6.61 Å². The summed E-state index contributed by atoms with van der Waals surface area (Å²) in [7, 11) is 0. The van der Waals surface area contributed by atoms with Crippen LogP contribution < -0.4 is 15.2 Å². The molecule has 3 heteroatoms. The first-order chi connectivity index (χ1) is 10.2. The average Bonchev–Trinajstić information content (AvgIpc) is 2.48. The lowest BCUT2D eigenvalue weighted by Gasteiger charge is -2.19. The van der Waals surface area contributed by atoms with Crippen LogP contribution in [0.4, 0.5) is 0 Å². The summed E-state index contributed by atoms with van der Waals surface area (Å²) in [5, 5.41) is 0. The summed E-state index contributed by atoms with van der Waals surface area (Å²) < 4.78 is 11.5. The Morgan fingerprint density at radius 1 is 0.952 bits per heavy atom. The van der Waals surface area contributed by atoms with E-state index in [1.807, 2.05) is 68.4 Å². The predicted octanol–water partition coefficient (Wildman–Crippen LogP) is 3.94. The average molecular weight is 285 g/mol. The highest BCUT2D eigenvalue weighted by atomic mass is 16.5. The van der Waals surface area contributed by atoms with Crippen LogP contribution in [-0.2, 0) is 0 Å². The molecular formula is C18H23NO2. The fraction of sp³-hybridized carbons (Fsp3) is 0.333. The number of para-hydroxylation sites is 2. The smallest absolute Gasteiger partial charge is 0.124 e. The van der Waals surface area contributed by atoms with E-state index in [1.165, 1.54) is 0 Å². The van der Waals surface area contributed by atoms with E-state index in [-0.39, 0.29) is 12.1 Å². The fourth-order valence-electron chi connectivity index (χ4n) is 2.12. The summed E-state index contributed by atoms with van der Waals surface area (Å²) >= 11 is 0. The zero-order valence-electron chi connectivity index (χ0n) is 12.7. The van der Waals surface area contributed by atoms with Crippen molar-refractivity contribution in [3.05, 3.63) is 60.2 Å². The third-order valence-corrected chi connectivity index (χ3v) is 3.12. The molecule has 0 heterocycles. The maximum atomic E-state index is 6.28. The van der Waals surface area contributed by atoms with Crippen LogP contribution in [0.15, 0.2) is 54.6 Å². The first kappa shape index (κ1) is 15.4. The molecule has 2 N–H and O–H groups in total. The van der Waals surface area contributed by atoms with Gasteiger partial charge < -0.3 is 15.2 Å². The highest BCUT2D eigenvalue weighted by Crippen LogP contribution is 2.26. The topological polar surface area (TPSA) is 44.5 Å². The second-order valence-electron chi connectivity index (χ2n) is 5.26. The molecule has 2 aromatic rings. The molecule has 0 spiro atoms. The summed E-state index contributed by atoms with van der Waals surface area (Å²) in [6.45, 7) is 4.61. The van der Waals surface area contributed by atoms with E-state index in [0.717, 1.165) is 23.5 Å². The molecule has 0 saturated carbocycles. The number of rotatable bonds is 7. The normalized spacial score (nSPS) is 12.2. The second kappa shape index (κ2) is 7.70. The number of nitrogens with two attached hydrogens (primary N) is 1. The van der Waals surface area contributed by atoms with Crippen LogP contribution in [-0.4, -0.2) is 12.7 Å². The Hall–Kier alpha value is -2.00. The molecule has 0 aliphatic heterocycles. The van der Waals surface area contributed by atoms with Gasteiger partial charge in [-0.1, -0.05) is 36.4 Å². The lowest BCUT2D eigenvalue weighted by Crippen LogP contribution is -2.17. The summed E-state index contributed by atoms with van der Waals surface area (Å²) in [4.78, 5) is 0. The zero-order valence-corrected chi connectivity index (χ0v) is 12.7. The van der Waals surface area contributed by atoms with Gasteiger partial charge in [-0.05, 0) is 32.0 Å². The van der Waals surface area contributed by atoms with Crippen LogP contribution in [0.1, 0.15) is 31.9 Å². The Morgan fingerprint density at radius 3 is 2.33 bits per heavy atom. The van der Waals surface area contributed by atoms with Crippen LogP contribution in [0.3, 0.4) is 0 Å². The Bertz CT molecular complexity index is 540. The maximum absolute atomic E-state index is 6.28. The van der Waals surface area contributed by atoms with Gasteiger partial charge in [-0.25, -0.2) is 0 Å². The van der Waals surface area contributed by atoms with Gasteiger partial charge in [-0.15, -0.1) is 0 Å². The van der Waals surface area contributed by atoms with E-state index >= 15 is 0 Å². The quantitative estimate of drug-likeness (QED) is 0.838. The minimum absolute atomic E-state index is 0.0938. The van der Waals surface area contributed by atoms with Crippen molar-refractivity contribution >= 4 is 0 Å². The number of ether oxygens (including phenoxy) is 2.